The zero-order valence-corrected chi connectivity index (χ0v) is 12.8. The van der Waals surface area contributed by atoms with Crippen molar-refractivity contribution in [3.63, 3.8) is 0 Å². The maximum Gasteiger partial charge on any atom is 1.00 e. The van der Waals surface area contributed by atoms with Gasteiger partial charge in [-0.25, -0.2) is 0 Å². The quantitative estimate of drug-likeness (QED) is 0.402. The second-order valence-electron chi connectivity index (χ2n) is 5.04. The van der Waals surface area contributed by atoms with Gasteiger partial charge in [-0.05, 0) is 39.0 Å². The molecule has 0 aliphatic carbocycles. The van der Waals surface area contributed by atoms with E-state index in [1.807, 2.05) is 44.4 Å². The van der Waals surface area contributed by atoms with Crippen LogP contribution in [0.2, 0.25) is 0 Å². The smallest absolute Gasteiger partial charge is 0.548 e. The standard InChI is InChI=1S/C15H24N2O2.Li/c1-17(2)11-7-6-10-14(15(18)19)16-12-13-8-4-3-5-9-13;/h3-5,8-9,14,16H,6-7,10-12H2,1-2H3,(H,18,19);/q;+1/p-1. The molecule has 4 nitrogen and oxygen atoms in total. The zero-order chi connectivity index (χ0) is 14.1. The molecule has 0 radical (unpaired) electrons. The summed E-state index contributed by atoms with van der Waals surface area (Å²) >= 11 is 0. The second kappa shape index (κ2) is 10.9. The minimum atomic E-state index is -1.01. The third kappa shape index (κ3) is 8.39. The maximum atomic E-state index is 11.1. The number of rotatable bonds is 9. The fourth-order valence-electron chi connectivity index (χ4n) is 1.92. The van der Waals surface area contributed by atoms with Crippen LogP contribution in [-0.4, -0.2) is 37.6 Å². The molecular weight excluding hydrogens is 247 g/mol. The SMILES string of the molecule is CN(C)CCCCC(NCc1ccccc1)C(=O)[O-].[Li+]. The van der Waals surface area contributed by atoms with Crippen molar-refractivity contribution in [2.75, 3.05) is 20.6 Å². The summed E-state index contributed by atoms with van der Waals surface area (Å²) in [5.41, 5.74) is 1.09. The molecule has 0 saturated carbocycles. The van der Waals surface area contributed by atoms with Gasteiger partial charge in [0.1, 0.15) is 0 Å². The van der Waals surface area contributed by atoms with Crippen molar-refractivity contribution < 1.29 is 28.8 Å². The van der Waals surface area contributed by atoms with Crippen LogP contribution in [0.15, 0.2) is 30.3 Å². The van der Waals surface area contributed by atoms with Crippen LogP contribution in [0, 0.1) is 0 Å². The van der Waals surface area contributed by atoms with Crippen LogP contribution in [0.5, 0.6) is 0 Å². The molecule has 0 heterocycles. The zero-order valence-electron chi connectivity index (χ0n) is 12.8. The predicted molar refractivity (Wildman–Crippen MR) is 74.5 cm³/mol. The van der Waals surface area contributed by atoms with Crippen LogP contribution in [0.4, 0.5) is 0 Å². The van der Waals surface area contributed by atoms with Crippen molar-refractivity contribution in [3.05, 3.63) is 35.9 Å². The first-order chi connectivity index (χ1) is 9.09. The number of carboxylic acid groups (broad SMARTS) is 1. The summed E-state index contributed by atoms with van der Waals surface area (Å²) in [5, 5.41) is 14.1. The summed E-state index contributed by atoms with van der Waals surface area (Å²) in [6.45, 7) is 1.55. The number of benzene rings is 1. The largest absolute Gasteiger partial charge is 1.00 e. The van der Waals surface area contributed by atoms with E-state index in [0.29, 0.717) is 13.0 Å². The molecule has 0 fully saturated rings. The third-order valence-electron chi connectivity index (χ3n) is 3.03. The fourth-order valence-corrected chi connectivity index (χ4v) is 1.92. The van der Waals surface area contributed by atoms with Crippen molar-refractivity contribution in [1.82, 2.24) is 10.2 Å². The summed E-state index contributed by atoms with van der Waals surface area (Å²) in [7, 11) is 4.04. The monoisotopic (exact) mass is 270 g/mol. The van der Waals surface area contributed by atoms with Crippen LogP contribution in [0.3, 0.4) is 0 Å². The van der Waals surface area contributed by atoms with Gasteiger partial charge in [0.15, 0.2) is 0 Å². The number of nitrogens with one attached hydrogen (secondary N) is 1. The molecule has 0 aliphatic rings. The number of unbranched alkanes of at least 4 members (excludes halogenated alkanes) is 1. The topological polar surface area (TPSA) is 55.4 Å². The average molecular weight is 270 g/mol. The molecule has 20 heavy (non-hydrogen) atoms. The Balaban J connectivity index is 0.00000361. The van der Waals surface area contributed by atoms with Crippen LogP contribution in [0.1, 0.15) is 24.8 Å². The van der Waals surface area contributed by atoms with E-state index < -0.39 is 12.0 Å². The van der Waals surface area contributed by atoms with E-state index in [-0.39, 0.29) is 18.9 Å². The van der Waals surface area contributed by atoms with E-state index >= 15 is 0 Å². The van der Waals surface area contributed by atoms with Gasteiger partial charge in [0.2, 0.25) is 0 Å². The van der Waals surface area contributed by atoms with E-state index in [1.165, 1.54) is 0 Å². The van der Waals surface area contributed by atoms with Gasteiger partial charge in [-0.1, -0.05) is 36.8 Å². The third-order valence-corrected chi connectivity index (χ3v) is 3.03. The summed E-state index contributed by atoms with van der Waals surface area (Å²) in [4.78, 5) is 13.2. The van der Waals surface area contributed by atoms with Gasteiger partial charge < -0.3 is 20.1 Å². The van der Waals surface area contributed by atoms with E-state index in [9.17, 15) is 9.90 Å². The molecule has 1 N–H and O–H groups in total. The number of hydrogen-bond donors (Lipinski definition) is 1. The van der Waals surface area contributed by atoms with Gasteiger partial charge in [0.25, 0.3) is 0 Å². The van der Waals surface area contributed by atoms with Crippen LogP contribution in [0.25, 0.3) is 0 Å². The van der Waals surface area contributed by atoms with Crippen molar-refractivity contribution in [2.24, 2.45) is 0 Å². The molecule has 0 saturated heterocycles. The molecule has 106 valence electrons. The van der Waals surface area contributed by atoms with E-state index in [0.717, 1.165) is 24.9 Å². The van der Waals surface area contributed by atoms with E-state index in [4.69, 9.17) is 0 Å². The molecule has 0 aliphatic heterocycles. The maximum absolute atomic E-state index is 11.1. The van der Waals surface area contributed by atoms with Crippen LogP contribution in [-0.2, 0) is 11.3 Å². The number of carboxylic acids is 1. The average Bonchev–Trinajstić information content (AvgIpc) is 2.38. The number of aliphatic carboxylic acids is 1. The molecule has 1 rings (SSSR count). The van der Waals surface area contributed by atoms with Gasteiger partial charge in [0, 0.05) is 12.6 Å². The second-order valence-corrected chi connectivity index (χ2v) is 5.04. The number of carbonyl (C=O) groups excluding carboxylic acids is 1. The van der Waals surface area contributed by atoms with Crippen molar-refractivity contribution >= 4 is 5.97 Å². The van der Waals surface area contributed by atoms with E-state index in [2.05, 4.69) is 10.2 Å². The van der Waals surface area contributed by atoms with Gasteiger partial charge in [0.05, 0.1) is 5.97 Å². The molecular formula is C15H23LiN2O2. The van der Waals surface area contributed by atoms with Crippen LogP contribution >= 0.6 is 0 Å². The Bertz CT molecular complexity index is 371. The normalized spacial score (nSPS) is 11.9. The summed E-state index contributed by atoms with van der Waals surface area (Å²) in [5.74, 6) is -1.01. The molecule has 0 bridgehead atoms. The molecule has 0 aromatic heterocycles. The van der Waals surface area contributed by atoms with Gasteiger partial charge in [-0.15, -0.1) is 0 Å². The van der Waals surface area contributed by atoms with Gasteiger partial charge >= 0.3 is 18.9 Å². The fraction of sp³-hybridized carbons (Fsp3) is 0.533. The van der Waals surface area contributed by atoms with Gasteiger partial charge in [-0.2, -0.15) is 0 Å². The Hall–Kier alpha value is -0.793. The number of nitrogens with zero attached hydrogens (tertiary/aromatic N) is 1. The number of carbonyl (C=O) groups is 1. The van der Waals surface area contributed by atoms with Crippen LogP contribution < -0.4 is 29.3 Å². The number of hydrogen-bond acceptors (Lipinski definition) is 4. The Morgan fingerprint density at radius 1 is 1.25 bits per heavy atom. The molecule has 1 aromatic carbocycles. The molecule has 1 atom stereocenters. The van der Waals surface area contributed by atoms with Gasteiger partial charge in [-0.3, -0.25) is 0 Å². The summed E-state index contributed by atoms with van der Waals surface area (Å²) in [6.07, 6.45) is 2.51. The first-order valence-corrected chi connectivity index (χ1v) is 6.72. The first-order valence-electron chi connectivity index (χ1n) is 6.72. The molecule has 1 aromatic rings. The van der Waals surface area contributed by atoms with Crippen molar-refractivity contribution in [1.29, 1.82) is 0 Å². The Kier molecular flexibility index (Phi) is 10.5. The minimum absolute atomic E-state index is 0. The Labute approximate surface area is 133 Å². The summed E-state index contributed by atoms with van der Waals surface area (Å²) in [6, 6.07) is 9.23. The van der Waals surface area contributed by atoms with Crippen molar-refractivity contribution in [2.45, 2.75) is 31.8 Å². The Morgan fingerprint density at radius 2 is 1.90 bits per heavy atom. The van der Waals surface area contributed by atoms with Crippen molar-refractivity contribution in [3.8, 4) is 0 Å². The Morgan fingerprint density at radius 3 is 2.45 bits per heavy atom. The molecule has 0 spiro atoms. The molecule has 0 amide bonds. The first kappa shape index (κ1) is 19.2. The molecule has 1 unspecified atom stereocenters. The van der Waals surface area contributed by atoms with E-state index in [1.54, 1.807) is 0 Å². The predicted octanol–water partition coefficient (Wildman–Crippen LogP) is -2.37. The molecule has 5 heteroatoms. The summed E-state index contributed by atoms with van der Waals surface area (Å²) < 4.78 is 0. The minimum Gasteiger partial charge on any atom is -0.548 e.